The van der Waals surface area contributed by atoms with E-state index in [0.29, 0.717) is 13.1 Å². The van der Waals surface area contributed by atoms with E-state index in [1.807, 2.05) is 36.2 Å². The van der Waals surface area contributed by atoms with Gasteiger partial charge in [0.15, 0.2) is 0 Å². The number of aliphatic hydroxyl groups excluding tert-OH is 1. The molecule has 1 aromatic heterocycles. The molecule has 0 unspecified atom stereocenters. The lowest BCUT2D eigenvalue weighted by atomic mass is 10.0. The topological polar surface area (TPSA) is 78.7 Å². The van der Waals surface area contributed by atoms with E-state index in [1.165, 1.54) is 0 Å². The molecule has 2 heterocycles. The molecule has 1 atom stereocenters. The zero-order valence-corrected chi connectivity index (χ0v) is 15.6. The van der Waals surface area contributed by atoms with Gasteiger partial charge in [-0.25, -0.2) is 0 Å². The molecule has 1 aliphatic carbocycles. The number of carbonyl (C=O) groups excluding carboxylic acids is 2. The van der Waals surface area contributed by atoms with Crippen LogP contribution < -0.4 is 9.80 Å². The Bertz CT molecular complexity index is 887. The SMILES string of the molecule is CC(=O)N1c2ccc(-c3cnn(CCO)c3)cc2N(C(=O)C2CC2)C[C@@H]1C. The van der Waals surface area contributed by atoms with Crippen molar-refractivity contribution in [1.82, 2.24) is 9.78 Å². The van der Waals surface area contributed by atoms with E-state index in [2.05, 4.69) is 5.10 Å². The van der Waals surface area contributed by atoms with Crippen molar-refractivity contribution in [3.05, 3.63) is 30.6 Å². The second-order valence-corrected chi connectivity index (χ2v) is 7.38. The Hall–Kier alpha value is -2.67. The van der Waals surface area contributed by atoms with Gasteiger partial charge in [0.05, 0.1) is 36.8 Å². The highest BCUT2D eigenvalue weighted by Crippen LogP contribution is 2.41. The fourth-order valence-electron chi connectivity index (χ4n) is 3.78. The molecule has 0 radical (unpaired) electrons. The van der Waals surface area contributed by atoms with E-state index in [-0.39, 0.29) is 30.4 Å². The molecule has 142 valence electrons. The van der Waals surface area contributed by atoms with Crippen LogP contribution in [0.15, 0.2) is 30.6 Å². The summed E-state index contributed by atoms with van der Waals surface area (Å²) < 4.78 is 1.69. The summed E-state index contributed by atoms with van der Waals surface area (Å²) in [6, 6.07) is 5.78. The summed E-state index contributed by atoms with van der Waals surface area (Å²) in [5, 5.41) is 13.3. The number of hydrogen-bond acceptors (Lipinski definition) is 4. The van der Waals surface area contributed by atoms with Crippen molar-refractivity contribution >= 4 is 23.2 Å². The highest BCUT2D eigenvalue weighted by atomic mass is 16.3. The monoisotopic (exact) mass is 368 g/mol. The predicted molar refractivity (Wildman–Crippen MR) is 102 cm³/mol. The summed E-state index contributed by atoms with van der Waals surface area (Å²) in [5.41, 5.74) is 3.41. The molecule has 1 aromatic carbocycles. The van der Waals surface area contributed by atoms with Gasteiger partial charge in [-0.1, -0.05) is 6.07 Å². The van der Waals surface area contributed by atoms with Crippen LogP contribution in [0.25, 0.3) is 11.1 Å². The fourth-order valence-corrected chi connectivity index (χ4v) is 3.78. The number of benzene rings is 1. The number of aliphatic hydroxyl groups is 1. The minimum atomic E-state index is -0.0594. The van der Waals surface area contributed by atoms with Gasteiger partial charge in [0.25, 0.3) is 0 Å². The second-order valence-electron chi connectivity index (χ2n) is 7.38. The van der Waals surface area contributed by atoms with Crippen LogP contribution in [-0.2, 0) is 16.1 Å². The van der Waals surface area contributed by atoms with Gasteiger partial charge in [-0.15, -0.1) is 0 Å². The van der Waals surface area contributed by atoms with Gasteiger partial charge in [-0.2, -0.15) is 5.10 Å². The third kappa shape index (κ3) is 3.23. The van der Waals surface area contributed by atoms with Crippen molar-refractivity contribution in [1.29, 1.82) is 0 Å². The Morgan fingerprint density at radius 2 is 2.00 bits per heavy atom. The van der Waals surface area contributed by atoms with Crippen LogP contribution in [0.3, 0.4) is 0 Å². The molecule has 0 bridgehead atoms. The number of carbonyl (C=O) groups is 2. The Morgan fingerprint density at radius 3 is 2.67 bits per heavy atom. The number of rotatable bonds is 4. The van der Waals surface area contributed by atoms with Gasteiger partial charge < -0.3 is 14.9 Å². The van der Waals surface area contributed by atoms with Crippen LogP contribution in [0.1, 0.15) is 26.7 Å². The maximum absolute atomic E-state index is 12.9. The van der Waals surface area contributed by atoms with E-state index in [1.54, 1.807) is 22.7 Å². The van der Waals surface area contributed by atoms with Crippen LogP contribution in [0.5, 0.6) is 0 Å². The number of amides is 2. The van der Waals surface area contributed by atoms with Crippen molar-refractivity contribution in [3.63, 3.8) is 0 Å². The van der Waals surface area contributed by atoms with Gasteiger partial charge in [0.2, 0.25) is 11.8 Å². The smallest absolute Gasteiger partial charge is 0.230 e. The highest BCUT2D eigenvalue weighted by molar-refractivity contribution is 6.06. The molecule has 2 aliphatic rings. The zero-order valence-electron chi connectivity index (χ0n) is 15.6. The Labute approximate surface area is 158 Å². The number of anilines is 2. The summed E-state index contributed by atoms with van der Waals surface area (Å²) in [6.07, 6.45) is 5.52. The summed E-state index contributed by atoms with van der Waals surface area (Å²) >= 11 is 0. The van der Waals surface area contributed by atoms with Crippen molar-refractivity contribution < 1.29 is 14.7 Å². The fraction of sp³-hybridized carbons (Fsp3) is 0.450. The van der Waals surface area contributed by atoms with Crippen LogP contribution in [0.2, 0.25) is 0 Å². The first-order valence-electron chi connectivity index (χ1n) is 9.38. The minimum Gasteiger partial charge on any atom is -0.394 e. The highest BCUT2D eigenvalue weighted by Gasteiger charge is 2.39. The molecule has 1 aliphatic heterocycles. The third-order valence-corrected chi connectivity index (χ3v) is 5.24. The maximum atomic E-state index is 12.9. The molecule has 1 fully saturated rings. The van der Waals surface area contributed by atoms with Gasteiger partial charge >= 0.3 is 0 Å². The molecule has 2 amide bonds. The summed E-state index contributed by atoms with van der Waals surface area (Å²) in [4.78, 5) is 28.7. The van der Waals surface area contributed by atoms with Gasteiger partial charge in [-0.05, 0) is 37.5 Å². The molecule has 7 nitrogen and oxygen atoms in total. The standard InChI is InChI=1S/C20H24N4O3/c1-13-11-23(20(27)15-3-4-15)19-9-16(5-6-18(19)24(13)14(2)26)17-10-21-22(12-17)7-8-25/h5-6,9-10,12-13,15,25H,3-4,7-8,11H2,1-2H3/t13-/m0/s1. The largest absolute Gasteiger partial charge is 0.394 e. The lowest BCUT2D eigenvalue weighted by Gasteiger charge is -2.41. The minimum absolute atomic E-state index is 0.0224. The van der Waals surface area contributed by atoms with E-state index in [0.717, 1.165) is 35.3 Å². The van der Waals surface area contributed by atoms with Crippen LogP contribution in [-0.4, -0.2) is 45.9 Å². The Morgan fingerprint density at radius 1 is 1.22 bits per heavy atom. The Kier molecular flexibility index (Phi) is 4.47. The molecule has 2 aromatic rings. The molecule has 1 saturated carbocycles. The summed E-state index contributed by atoms with van der Waals surface area (Å²) in [7, 11) is 0. The van der Waals surface area contributed by atoms with E-state index < -0.39 is 0 Å². The lowest BCUT2D eigenvalue weighted by Crippen LogP contribution is -2.51. The predicted octanol–water partition coefficient (Wildman–Crippen LogP) is 2.04. The average Bonchev–Trinajstić information content (AvgIpc) is 3.39. The number of fused-ring (bicyclic) bond motifs is 1. The number of nitrogens with zero attached hydrogens (tertiary/aromatic N) is 4. The maximum Gasteiger partial charge on any atom is 0.230 e. The van der Waals surface area contributed by atoms with Gasteiger partial charge in [0, 0.05) is 31.1 Å². The van der Waals surface area contributed by atoms with Crippen LogP contribution in [0.4, 0.5) is 11.4 Å². The van der Waals surface area contributed by atoms with Gasteiger partial charge in [0.1, 0.15) is 0 Å². The molecule has 0 saturated heterocycles. The number of aromatic nitrogens is 2. The zero-order chi connectivity index (χ0) is 19.1. The molecule has 4 rings (SSSR count). The molecule has 27 heavy (non-hydrogen) atoms. The summed E-state index contributed by atoms with van der Waals surface area (Å²) in [6.45, 7) is 4.51. The lowest BCUT2D eigenvalue weighted by molar-refractivity contribution is -0.120. The molecule has 7 heteroatoms. The first-order valence-corrected chi connectivity index (χ1v) is 9.38. The summed E-state index contributed by atoms with van der Waals surface area (Å²) in [5.74, 6) is 0.245. The first kappa shape index (κ1) is 17.7. The van der Waals surface area contributed by atoms with E-state index in [9.17, 15) is 9.59 Å². The quantitative estimate of drug-likeness (QED) is 0.896. The average molecular weight is 368 g/mol. The molecular weight excluding hydrogens is 344 g/mol. The van der Waals surface area contributed by atoms with Crippen LogP contribution in [0, 0.1) is 5.92 Å². The Balaban J connectivity index is 1.77. The van der Waals surface area contributed by atoms with E-state index in [4.69, 9.17) is 5.11 Å². The van der Waals surface area contributed by atoms with Crippen molar-refractivity contribution in [2.45, 2.75) is 39.3 Å². The molecular formula is C20H24N4O3. The van der Waals surface area contributed by atoms with Crippen LogP contribution >= 0.6 is 0 Å². The van der Waals surface area contributed by atoms with E-state index >= 15 is 0 Å². The van der Waals surface area contributed by atoms with Crippen molar-refractivity contribution in [2.75, 3.05) is 23.0 Å². The number of hydrogen-bond donors (Lipinski definition) is 1. The third-order valence-electron chi connectivity index (χ3n) is 5.24. The second kappa shape index (κ2) is 6.81. The van der Waals surface area contributed by atoms with Crippen molar-refractivity contribution in [2.24, 2.45) is 5.92 Å². The first-order chi connectivity index (χ1) is 13.0. The molecule has 1 N–H and O–H groups in total. The molecule has 0 spiro atoms. The van der Waals surface area contributed by atoms with Crippen molar-refractivity contribution in [3.8, 4) is 11.1 Å². The van der Waals surface area contributed by atoms with Gasteiger partial charge in [-0.3, -0.25) is 14.3 Å². The normalized spacial score (nSPS) is 19.1.